The maximum atomic E-state index is 3.78. The Hall–Kier alpha value is -0.820. The van der Waals surface area contributed by atoms with Gasteiger partial charge in [-0.05, 0) is 62.1 Å². The molecule has 1 N–H and O–H groups in total. The average molecular weight is 259 g/mol. The monoisotopic (exact) mass is 259 g/mol. The Labute approximate surface area is 118 Å². The normalized spacial score (nSPS) is 23.5. The summed E-state index contributed by atoms with van der Waals surface area (Å²) in [6.45, 7) is 7.80. The Balaban J connectivity index is 1.81. The summed E-state index contributed by atoms with van der Waals surface area (Å²) in [5.41, 5.74) is 4.34. The van der Waals surface area contributed by atoms with Crippen LogP contribution in [0.3, 0.4) is 0 Å². The summed E-state index contributed by atoms with van der Waals surface area (Å²) < 4.78 is 0. The highest BCUT2D eigenvalue weighted by molar-refractivity contribution is 5.33. The Bertz CT molecular complexity index is 368. The summed E-state index contributed by atoms with van der Waals surface area (Å²) in [6.07, 6.45) is 8.39. The van der Waals surface area contributed by atoms with Crippen LogP contribution in [-0.4, -0.2) is 6.04 Å². The van der Waals surface area contributed by atoms with Crippen LogP contribution in [0.4, 0.5) is 0 Å². The van der Waals surface area contributed by atoms with Gasteiger partial charge in [0.1, 0.15) is 0 Å². The summed E-state index contributed by atoms with van der Waals surface area (Å²) in [5, 5.41) is 3.78. The molecule has 19 heavy (non-hydrogen) atoms. The third-order valence-corrected chi connectivity index (χ3v) is 4.76. The smallest absolute Gasteiger partial charge is 0.0213 e. The van der Waals surface area contributed by atoms with E-state index in [0.717, 1.165) is 18.5 Å². The van der Waals surface area contributed by atoms with E-state index in [9.17, 15) is 0 Å². The Kier molecular flexibility index (Phi) is 5.45. The molecule has 1 fully saturated rings. The standard InChI is InChI=1S/C18H29N/c1-4-6-16-9-11-17(12-10-16)19-13-18-14(2)7-5-8-15(18)3/h5,7-8,16-17,19H,4,6,9-13H2,1-3H3. The molecule has 1 heteroatoms. The lowest BCUT2D eigenvalue weighted by molar-refractivity contribution is 0.277. The van der Waals surface area contributed by atoms with Crippen LogP contribution in [0.2, 0.25) is 0 Å². The van der Waals surface area contributed by atoms with Crippen LogP contribution in [0.1, 0.15) is 62.1 Å². The minimum Gasteiger partial charge on any atom is -0.310 e. The van der Waals surface area contributed by atoms with Crippen molar-refractivity contribution in [3.63, 3.8) is 0 Å². The van der Waals surface area contributed by atoms with Gasteiger partial charge in [0.2, 0.25) is 0 Å². The number of nitrogens with one attached hydrogen (secondary N) is 1. The number of hydrogen-bond donors (Lipinski definition) is 1. The molecule has 0 aromatic heterocycles. The highest BCUT2D eigenvalue weighted by atomic mass is 14.9. The molecule has 0 spiro atoms. The molecule has 0 radical (unpaired) electrons. The highest BCUT2D eigenvalue weighted by Crippen LogP contribution is 2.28. The molecule has 0 saturated heterocycles. The van der Waals surface area contributed by atoms with Gasteiger partial charge in [-0.1, -0.05) is 38.0 Å². The molecule has 0 aliphatic heterocycles. The van der Waals surface area contributed by atoms with Crippen LogP contribution in [0.25, 0.3) is 0 Å². The molecule has 1 nitrogen and oxygen atoms in total. The summed E-state index contributed by atoms with van der Waals surface area (Å²) in [6, 6.07) is 7.35. The van der Waals surface area contributed by atoms with Gasteiger partial charge in [0.15, 0.2) is 0 Å². The zero-order valence-corrected chi connectivity index (χ0v) is 12.8. The van der Waals surface area contributed by atoms with E-state index in [-0.39, 0.29) is 0 Å². The average Bonchev–Trinajstić information content (AvgIpc) is 2.40. The fourth-order valence-corrected chi connectivity index (χ4v) is 3.44. The van der Waals surface area contributed by atoms with E-state index in [2.05, 4.69) is 44.3 Å². The fraction of sp³-hybridized carbons (Fsp3) is 0.667. The number of hydrogen-bond acceptors (Lipinski definition) is 1. The van der Waals surface area contributed by atoms with Gasteiger partial charge >= 0.3 is 0 Å². The first-order valence-corrected chi connectivity index (χ1v) is 7.99. The van der Waals surface area contributed by atoms with Crippen molar-refractivity contribution in [2.75, 3.05) is 0 Å². The molecule has 2 rings (SSSR count). The second kappa shape index (κ2) is 7.09. The molecule has 0 amide bonds. The zero-order valence-electron chi connectivity index (χ0n) is 12.8. The Morgan fingerprint density at radius 2 is 1.68 bits per heavy atom. The maximum absolute atomic E-state index is 3.78. The molecule has 0 bridgehead atoms. The second-order valence-electron chi connectivity index (χ2n) is 6.26. The molecule has 1 aliphatic carbocycles. The van der Waals surface area contributed by atoms with E-state index in [1.807, 2.05) is 0 Å². The van der Waals surface area contributed by atoms with Gasteiger partial charge in [0.25, 0.3) is 0 Å². The van der Waals surface area contributed by atoms with Crippen molar-refractivity contribution >= 4 is 0 Å². The van der Waals surface area contributed by atoms with E-state index in [1.165, 1.54) is 55.2 Å². The van der Waals surface area contributed by atoms with Crippen molar-refractivity contribution in [3.05, 3.63) is 34.9 Å². The van der Waals surface area contributed by atoms with Crippen LogP contribution in [0.5, 0.6) is 0 Å². The summed E-state index contributed by atoms with van der Waals surface area (Å²) >= 11 is 0. The second-order valence-corrected chi connectivity index (χ2v) is 6.26. The largest absolute Gasteiger partial charge is 0.310 e. The quantitative estimate of drug-likeness (QED) is 0.804. The van der Waals surface area contributed by atoms with Crippen LogP contribution < -0.4 is 5.32 Å². The predicted molar refractivity (Wildman–Crippen MR) is 83.4 cm³/mol. The van der Waals surface area contributed by atoms with Crippen molar-refractivity contribution in [3.8, 4) is 0 Å². The molecular weight excluding hydrogens is 230 g/mol. The lowest BCUT2D eigenvalue weighted by Crippen LogP contribution is -2.33. The first kappa shape index (κ1) is 14.6. The summed E-state index contributed by atoms with van der Waals surface area (Å²) in [7, 11) is 0. The van der Waals surface area contributed by atoms with Crippen molar-refractivity contribution in [1.29, 1.82) is 0 Å². The van der Waals surface area contributed by atoms with Gasteiger partial charge in [-0.15, -0.1) is 0 Å². The first-order valence-electron chi connectivity index (χ1n) is 7.99. The fourth-order valence-electron chi connectivity index (χ4n) is 3.44. The number of rotatable bonds is 5. The van der Waals surface area contributed by atoms with Gasteiger partial charge in [-0.2, -0.15) is 0 Å². The van der Waals surface area contributed by atoms with Crippen LogP contribution in [0.15, 0.2) is 18.2 Å². The third kappa shape index (κ3) is 4.07. The van der Waals surface area contributed by atoms with Crippen molar-refractivity contribution < 1.29 is 0 Å². The van der Waals surface area contributed by atoms with Crippen molar-refractivity contribution in [2.45, 2.75) is 71.9 Å². The molecule has 1 saturated carbocycles. The summed E-state index contributed by atoms with van der Waals surface area (Å²) in [4.78, 5) is 0. The Morgan fingerprint density at radius 1 is 1.05 bits per heavy atom. The van der Waals surface area contributed by atoms with E-state index < -0.39 is 0 Å². The maximum Gasteiger partial charge on any atom is 0.0213 e. The topological polar surface area (TPSA) is 12.0 Å². The SMILES string of the molecule is CCCC1CCC(NCc2c(C)cccc2C)CC1. The number of aryl methyl sites for hydroxylation is 2. The minimum atomic E-state index is 0.743. The summed E-state index contributed by atoms with van der Waals surface area (Å²) in [5.74, 6) is 1.00. The van der Waals surface area contributed by atoms with Gasteiger partial charge in [-0.25, -0.2) is 0 Å². The predicted octanol–water partition coefficient (Wildman–Crippen LogP) is 4.75. The van der Waals surface area contributed by atoms with Crippen LogP contribution in [0, 0.1) is 19.8 Å². The van der Waals surface area contributed by atoms with Gasteiger partial charge in [-0.3, -0.25) is 0 Å². The molecule has 1 aromatic rings. The first-order chi connectivity index (χ1) is 9.20. The van der Waals surface area contributed by atoms with Crippen molar-refractivity contribution in [1.82, 2.24) is 5.32 Å². The van der Waals surface area contributed by atoms with Crippen LogP contribution >= 0.6 is 0 Å². The lowest BCUT2D eigenvalue weighted by Gasteiger charge is -2.29. The van der Waals surface area contributed by atoms with E-state index in [0.29, 0.717) is 0 Å². The molecule has 106 valence electrons. The number of benzene rings is 1. The van der Waals surface area contributed by atoms with Crippen LogP contribution in [-0.2, 0) is 6.54 Å². The van der Waals surface area contributed by atoms with Gasteiger partial charge in [0, 0.05) is 12.6 Å². The van der Waals surface area contributed by atoms with E-state index in [1.54, 1.807) is 0 Å². The van der Waals surface area contributed by atoms with Gasteiger partial charge in [0.05, 0.1) is 0 Å². The Morgan fingerprint density at radius 3 is 2.26 bits per heavy atom. The van der Waals surface area contributed by atoms with Gasteiger partial charge < -0.3 is 5.32 Å². The lowest BCUT2D eigenvalue weighted by atomic mass is 9.83. The molecular formula is C18H29N. The molecule has 1 aliphatic rings. The third-order valence-electron chi connectivity index (χ3n) is 4.76. The highest BCUT2D eigenvalue weighted by Gasteiger charge is 2.20. The minimum absolute atomic E-state index is 0.743. The molecule has 0 unspecified atom stereocenters. The zero-order chi connectivity index (χ0) is 13.7. The van der Waals surface area contributed by atoms with E-state index >= 15 is 0 Å². The molecule has 0 heterocycles. The van der Waals surface area contributed by atoms with E-state index in [4.69, 9.17) is 0 Å². The van der Waals surface area contributed by atoms with Crippen molar-refractivity contribution in [2.24, 2.45) is 5.92 Å². The molecule has 1 aromatic carbocycles. The molecule has 0 atom stereocenters.